The van der Waals surface area contributed by atoms with Crippen LogP contribution in [0.2, 0.25) is 0 Å². The minimum atomic E-state index is 0.208. The second kappa shape index (κ2) is 7.16. The zero-order chi connectivity index (χ0) is 24.9. The van der Waals surface area contributed by atoms with Crippen LogP contribution < -0.4 is 4.57 Å². The lowest BCUT2D eigenvalue weighted by atomic mass is 9.87. The van der Waals surface area contributed by atoms with Crippen LogP contribution in [0, 0.1) is 17.8 Å². The Kier molecular flexibility index (Phi) is 4.56. The van der Waals surface area contributed by atoms with Crippen molar-refractivity contribution >= 4 is 49.1 Å². The van der Waals surface area contributed by atoms with E-state index >= 15 is 0 Å². The van der Waals surface area contributed by atoms with Crippen molar-refractivity contribution in [2.75, 3.05) is 0 Å². The topological polar surface area (TPSA) is 21.2 Å². The first kappa shape index (κ1) is 22.3. The van der Waals surface area contributed by atoms with Crippen LogP contribution in [0.4, 0.5) is 0 Å². The smallest absolute Gasteiger partial charge is 0.287 e. The van der Waals surface area contributed by atoms with E-state index in [4.69, 9.17) is 4.98 Å². The largest absolute Gasteiger partial charge is 0.308 e. The lowest BCUT2D eigenvalue weighted by Gasteiger charge is -2.19. The number of aryl methyl sites for hydroxylation is 2. The van der Waals surface area contributed by atoms with E-state index in [0.717, 1.165) is 18.4 Å². The van der Waals surface area contributed by atoms with E-state index in [1.54, 1.807) is 0 Å². The molecule has 3 aromatic carbocycles. The second-order valence-corrected chi connectivity index (χ2v) is 13.0. The van der Waals surface area contributed by atoms with Crippen LogP contribution in [0.3, 0.4) is 0 Å². The van der Waals surface area contributed by atoms with Gasteiger partial charge in [0, 0.05) is 16.2 Å². The van der Waals surface area contributed by atoms with Gasteiger partial charge in [0.1, 0.15) is 5.52 Å². The number of benzene rings is 3. The third kappa shape index (κ3) is 3.47. The zero-order valence-electron chi connectivity index (χ0n) is 22.4. The van der Waals surface area contributed by atoms with Gasteiger partial charge in [-0.15, -0.1) is 0 Å². The molecule has 178 valence electrons. The first-order chi connectivity index (χ1) is 16.4. The average molecular weight is 463 g/mol. The van der Waals surface area contributed by atoms with Crippen molar-refractivity contribution in [3.63, 3.8) is 0 Å². The van der Waals surface area contributed by atoms with Crippen molar-refractivity contribution < 1.29 is 4.57 Å². The summed E-state index contributed by atoms with van der Waals surface area (Å²) < 4.78 is 4.76. The van der Waals surface area contributed by atoms with Gasteiger partial charge in [-0.05, 0) is 70.5 Å². The number of pyridine rings is 1. The van der Waals surface area contributed by atoms with Gasteiger partial charge in [0.2, 0.25) is 0 Å². The number of fused-ring (bicyclic) bond motifs is 5. The predicted molar refractivity (Wildman–Crippen MR) is 149 cm³/mol. The Balaban J connectivity index is 1.87. The number of rotatable bonds is 2. The van der Waals surface area contributed by atoms with E-state index in [9.17, 15) is 0 Å². The molecule has 0 unspecified atom stereocenters. The summed E-state index contributed by atoms with van der Waals surface area (Å²) in [5, 5.41) is 5.26. The second-order valence-electron chi connectivity index (χ2n) is 13.0. The first-order valence-corrected chi connectivity index (χ1v) is 12.8. The molecule has 35 heavy (non-hydrogen) atoms. The molecule has 0 aliphatic carbocycles. The lowest BCUT2D eigenvalue weighted by Crippen LogP contribution is -2.30. The van der Waals surface area contributed by atoms with Crippen LogP contribution in [-0.2, 0) is 19.9 Å². The monoisotopic (exact) mass is 462 g/mol. The van der Waals surface area contributed by atoms with Crippen molar-refractivity contribution in [3.8, 4) is 0 Å². The molecule has 3 heterocycles. The molecule has 3 nitrogen and oxygen atoms in total. The van der Waals surface area contributed by atoms with Crippen molar-refractivity contribution in [2.45, 2.75) is 61.3 Å². The molecular formula is C32H36N3+. The fourth-order valence-electron chi connectivity index (χ4n) is 6.11. The summed E-state index contributed by atoms with van der Waals surface area (Å²) in [7, 11) is 2.13. The molecule has 0 bridgehead atoms. The van der Waals surface area contributed by atoms with Crippen LogP contribution in [0.5, 0.6) is 0 Å². The lowest BCUT2D eigenvalue weighted by molar-refractivity contribution is -0.646. The molecule has 0 aliphatic rings. The maximum atomic E-state index is 4.92. The Labute approximate surface area is 207 Å². The molecular weight excluding hydrogens is 426 g/mol. The van der Waals surface area contributed by atoms with Gasteiger partial charge < -0.3 is 4.40 Å². The summed E-state index contributed by atoms with van der Waals surface area (Å²) >= 11 is 0. The van der Waals surface area contributed by atoms with Crippen LogP contribution in [0.25, 0.3) is 49.1 Å². The van der Waals surface area contributed by atoms with Crippen LogP contribution >= 0.6 is 0 Å². The van der Waals surface area contributed by atoms with Gasteiger partial charge >= 0.3 is 0 Å². The summed E-state index contributed by atoms with van der Waals surface area (Å²) in [5.41, 5.74) is 10.8. The van der Waals surface area contributed by atoms with Crippen LogP contribution in [0.1, 0.15) is 58.2 Å². The van der Waals surface area contributed by atoms with Gasteiger partial charge in [0.15, 0.2) is 5.52 Å². The van der Waals surface area contributed by atoms with E-state index in [0.29, 0.717) is 0 Å². The molecule has 0 N–H and O–H groups in total. The van der Waals surface area contributed by atoms with Crippen LogP contribution in [0.15, 0.2) is 48.8 Å². The number of hydrogen-bond donors (Lipinski definition) is 0. The molecule has 0 fully saturated rings. The van der Waals surface area contributed by atoms with E-state index in [1.165, 1.54) is 60.3 Å². The predicted octanol–water partition coefficient (Wildman–Crippen LogP) is 7.70. The summed E-state index contributed by atoms with van der Waals surface area (Å²) in [5.74, 6) is 0. The highest BCUT2D eigenvalue weighted by atomic mass is 15.0. The van der Waals surface area contributed by atoms with Gasteiger partial charge in [-0.25, -0.2) is 4.57 Å². The summed E-state index contributed by atoms with van der Waals surface area (Å²) in [6.45, 7) is 16.1. The highest BCUT2D eigenvalue weighted by Crippen LogP contribution is 2.41. The Morgan fingerprint density at radius 3 is 2.14 bits per heavy atom. The molecule has 6 rings (SSSR count). The van der Waals surface area contributed by atoms with E-state index in [1.807, 2.05) is 6.33 Å². The molecule has 0 saturated heterocycles. The Bertz CT molecular complexity index is 1770. The molecule has 3 aromatic heterocycles. The standard InChI is InChI=1S/C32H36N3/c1-19-9-11-23-22-12-10-20(16-31(2,3)4)14-25(22)35-26-15-21(17-32(5,6)7)13-24-28(26)30(27(19)29(23)35)34(8)18-33-24/h9-15,18H,16-17H2,1-8H3/q+1. The van der Waals surface area contributed by atoms with Crippen LogP contribution in [-0.4, -0.2) is 9.38 Å². The molecule has 0 spiro atoms. The quantitative estimate of drug-likeness (QED) is 0.147. The summed E-state index contributed by atoms with van der Waals surface area (Å²) in [4.78, 5) is 4.92. The van der Waals surface area contributed by atoms with Crippen molar-refractivity contribution in [2.24, 2.45) is 17.9 Å². The molecule has 6 aromatic rings. The highest BCUT2D eigenvalue weighted by Gasteiger charge is 2.25. The molecule has 3 heteroatoms. The molecule has 0 aliphatic heterocycles. The van der Waals surface area contributed by atoms with Gasteiger partial charge in [0.25, 0.3) is 6.33 Å². The number of aromatic nitrogens is 3. The highest BCUT2D eigenvalue weighted by molar-refractivity contribution is 6.25. The third-order valence-electron chi connectivity index (χ3n) is 7.27. The molecule has 0 atom stereocenters. The van der Waals surface area contributed by atoms with E-state index < -0.39 is 0 Å². The minimum absolute atomic E-state index is 0.208. The average Bonchev–Trinajstić information content (AvgIpc) is 3.06. The maximum absolute atomic E-state index is 4.92. The van der Waals surface area contributed by atoms with Crippen molar-refractivity contribution in [3.05, 3.63) is 65.5 Å². The van der Waals surface area contributed by atoms with Gasteiger partial charge in [0.05, 0.1) is 29.0 Å². The Morgan fingerprint density at radius 1 is 0.771 bits per heavy atom. The maximum Gasteiger partial charge on any atom is 0.287 e. The Hall–Kier alpha value is -3.20. The number of hydrogen-bond acceptors (Lipinski definition) is 1. The summed E-state index contributed by atoms with van der Waals surface area (Å²) in [6.07, 6.45) is 4.07. The van der Waals surface area contributed by atoms with Gasteiger partial charge in [-0.1, -0.05) is 65.8 Å². The van der Waals surface area contributed by atoms with Gasteiger partial charge in [-0.3, -0.25) is 0 Å². The van der Waals surface area contributed by atoms with E-state index in [-0.39, 0.29) is 10.8 Å². The van der Waals surface area contributed by atoms with Crippen molar-refractivity contribution in [1.29, 1.82) is 0 Å². The molecule has 0 radical (unpaired) electrons. The minimum Gasteiger partial charge on any atom is -0.308 e. The SMILES string of the molecule is Cc1ccc2c3ccc(CC(C)(C)C)cc3n3c4cc(CC(C)(C)C)cc5nc[n+](C)c(c1c23)c54. The summed E-state index contributed by atoms with van der Waals surface area (Å²) in [6, 6.07) is 16.5. The third-order valence-corrected chi connectivity index (χ3v) is 7.27. The fourth-order valence-corrected chi connectivity index (χ4v) is 6.11. The normalized spacial score (nSPS) is 13.4. The Morgan fingerprint density at radius 2 is 1.43 bits per heavy atom. The van der Waals surface area contributed by atoms with Crippen molar-refractivity contribution in [1.82, 2.24) is 9.38 Å². The van der Waals surface area contributed by atoms with Gasteiger partial charge in [-0.2, -0.15) is 0 Å². The fraction of sp³-hybridized carbons (Fsp3) is 0.375. The van der Waals surface area contributed by atoms with E-state index in [2.05, 4.69) is 107 Å². The number of nitrogens with zero attached hydrogens (tertiary/aromatic N) is 3. The first-order valence-electron chi connectivity index (χ1n) is 12.8. The molecule has 0 amide bonds. The zero-order valence-corrected chi connectivity index (χ0v) is 22.4. The molecule has 0 saturated carbocycles.